The van der Waals surface area contributed by atoms with Crippen molar-refractivity contribution in [2.24, 2.45) is 0 Å². The van der Waals surface area contributed by atoms with Crippen LogP contribution in [0.4, 0.5) is 0 Å². The molecular weight excluding hydrogens is 360 g/mol. The molecule has 1 aromatic heterocycles. The van der Waals surface area contributed by atoms with E-state index in [0.717, 1.165) is 22.6 Å². The zero-order chi connectivity index (χ0) is 19.1. The Morgan fingerprint density at radius 1 is 1.15 bits per heavy atom. The number of benzene rings is 2. The van der Waals surface area contributed by atoms with E-state index in [4.69, 9.17) is 4.74 Å². The van der Waals surface area contributed by atoms with Gasteiger partial charge in [0, 0.05) is 24.9 Å². The third kappa shape index (κ3) is 4.96. The monoisotopic (exact) mass is 382 g/mol. The molecule has 7 heteroatoms. The molecule has 3 rings (SSSR count). The fourth-order valence-electron chi connectivity index (χ4n) is 2.62. The number of aryl methyl sites for hydroxylation is 1. The molecule has 3 aromatic rings. The SMILES string of the molecule is COCCNC(=O)CSc1nnc(-c2cccc(C)c2)n1-c1ccccc1. The summed E-state index contributed by atoms with van der Waals surface area (Å²) in [5, 5.41) is 12.2. The van der Waals surface area contributed by atoms with Crippen molar-refractivity contribution in [3.63, 3.8) is 0 Å². The molecule has 1 heterocycles. The minimum absolute atomic E-state index is 0.0585. The van der Waals surface area contributed by atoms with Crippen molar-refractivity contribution in [3.05, 3.63) is 60.2 Å². The maximum Gasteiger partial charge on any atom is 0.230 e. The Morgan fingerprint density at radius 2 is 1.96 bits per heavy atom. The summed E-state index contributed by atoms with van der Waals surface area (Å²) in [6.45, 7) is 3.04. The summed E-state index contributed by atoms with van der Waals surface area (Å²) in [4.78, 5) is 12.0. The first-order valence-electron chi connectivity index (χ1n) is 8.65. The van der Waals surface area contributed by atoms with Gasteiger partial charge in [-0.05, 0) is 25.1 Å². The zero-order valence-corrected chi connectivity index (χ0v) is 16.2. The number of aromatic nitrogens is 3. The van der Waals surface area contributed by atoms with Gasteiger partial charge in [-0.3, -0.25) is 9.36 Å². The molecular formula is C20H22N4O2S. The lowest BCUT2D eigenvalue weighted by atomic mass is 10.1. The molecule has 0 unspecified atom stereocenters. The number of methoxy groups -OCH3 is 1. The predicted octanol–water partition coefficient (Wildman–Crippen LogP) is 3.10. The Labute approximate surface area is 163 Å². The molecule has 0 aliphatic carbocycles. The number of carbonyl (C=O) groups excluding carboxylic acids is 1. The van der Waals surface area contributed by atoms with Crippen molar-refractivity contribution in [2.75, 3.05) is 26.0 Å². The standard InChI is InChI=1S/C20H22N4O2S/c1-15-7-6-8-16(13-15)19-22-23-20(24(19)17-9-4-3-5-10-17)27-14-18(25)21-11-12-26-2/h3-10,13H,11-12,14H2,1-2H3,(H,21,25). The van der Waals surface area contributed by atoms with E-state index < -0.39 is 0 Å². The molecule has 0 aliphatic rings. The van der Waals surface area contributed by atoms with E-state index in [0.29, 0.717) is 18.3 Å². The second-order valence-corrected chi connectivity index (χ2v) is 6.92. The number of nitrogens with one attached hydrogen (secondary N) is 1. The zero-order valence-electron chi connectivity index (χ0n) is 15.4. The van der Waals surface area contributed by atoms with Crippen molar-refractivity contribution < 1.29 is 9.53 Å². The summed E-state index contributed by atoms with van der Waals surface area (Å²) in [7, 11) is 1.61. The third-order valence-electron chi connectivity index (χ3n) is 3.88. The topological polar surface area (TPSA) is 69.0 Å². The van der Waals surface area contributed by atoms with Gasteiger partial charge in [0.15, 0.2) is 11.0 Å². The highest BCUT2D eigenvalue weighted by molar-refractivity contribution is 7.99. The van der Waals surface area contributed by atoms with Crippen molar-refractivity contribution in [1.29, 1.82) is 0 Å². The van der Waals surface area contributed by atoms with Gasteiger partial charge in [0.1, 0.15) is 0 Å². The van der Waals surface area contributed by atoms with Gasteiger partial charge in [-0.25, -0.2) is 0 Å². The molecule has 27 heavy (non-hydrogen) atoms. The van der Waals surface area contributed by atoms with Gasteiger partial charge in [-0.15, -0.1) is 10.2 Å². The van der Waals surface area contributed by atoms with Crippen molar-refractivity contribution >= 4 is 17.7 Å². The second kappa shape index (κ2) is 9.34. The first-order valence-corrected chi connectivity index (χ1v) is 9.64. The average molecular weight is 382 g/mol. The lowest BCUT2D eigenvalue weighted by Crippen LogP contribution is -2.28. The van der Waals surface area contributed by atoms with Crippen molar-refractivity contribution in [1.82, 2.24) is 20.1 Å². The molecule has 0 fully saturated rings. The van der Waals surface area contributed by atoms with Gasteiger partial charge >= 0.3 is 0 Å². The summed E-state index contributed by atoms with van der Waals surface area (Å²) < 4.78 is 6.93. The predicted molar refractivity (Wildman–Crippen MR) is 107 cm³/mol. The average Bonchev–Trinajstić information content (AvgIpc) is 3.11. The van der Waals surface area contributed by atoms with Gasteiger partial charge in [0.05, 0.1) is 12.4 Å². The largest absolute Gasteiger partial charge is 0.383 e. The molecule has 0 atom stereocenters. The van der Waals surface area contributed by atoms with Crippen LogP contribution in [0.5, 0.6) is 0 Å². The number of hydrogen-bond acceptors (Lipinski definition) is 5. The fourth-order valence-corrected chi connectivity index (χ4v) is 3.40. The minimum Gasteiger partial charge on any atom is -0.383 e. The Morgan fingerprint density at radius 3 is 2.70 bits per heavy atom. The summed E-state index contributed by atoms with van der Waals surface area (Å²) in [5.41, 5.74) is 3.10. The van der Waals surface area contributed by atoms with Gasteiger partial charge < -0.3 is 10.1 Å². The molecule has 0 saturated carbocycles. The van der Waals surface area contributed by atoms with E-state index in [9.17, 15) is 4.79 Å². The van der Waals surface area contributed by atoms with Gasteiger partial charge in [0.25, 0.3) is 0 Å². The molecule has 6 nitrogen and oxygen atoms in total. The molecule has 1 N–H and O–H groups in total. The van der Waals surface area contributed by atoms with Crippen LogP contribution >= 0.6 is 11.8 Å². The first kappa shape index (κ1) is 19.1. The molecule has 0 aliphatic heterocycles. The maximum absolute atomic E-state index is 12.0. The summed E-state index contributed by atoms with van der Waals surface area (Å²) >= 11 is 1.36. The van der Waals surface area contributed by atoms with Crippen LogP contribution in [0.25, 0.3) is 17.1 Å². The number of carbonyl (C=O) groups is 1. The molecule has 1 amide bonds. The minimum atomic E-state index is -0.0585. The Hall–Kier alpha value is -2.64. The van der Waals surface area contributed by atoms with Crippen LogP contribution in [-0.4, -0.2) is 46.7 Å². The number of nitrogens with zero attached hydrogens (tertiary/aromatic N) is 3. The van der Waals surface area contributed by atoms with Gasteiger partial charge in [-0.1, -0.05) is 53.7 Å². The molecule has 2 aromatic carbocycles. The van der Waals surface area contributed by atoms with E-state index in [2.05, 4.69) is 21.6 Å². The van der Waals surface area contributed by atoms with Crippen molar-refractivity contribution in [3.8, 4) is 17.1 Å². The molecule has 0 saturated heterocycles. The molecule has 140 valence electrons. The van der Waals surface area contributed by atoms with E-state index in [-0.39, 0.29) is 11.7 Å². The lowest BCUT2D eigenvalue weighted by Gasteiger charge is -2.10. The molecule has 0 radical (unpaired) electrons. The number of thioether (sulfide) groups is 1. The third-order valence-corrected chi connectivity index (χ3v) is 4.81. The smallest absolute Gasteiger partial charge is 0.230 e. The van der Waals surface area contributed by atoms with Crippen LogP contribution in [0, 0.1) is 6.92 Å². The number of para-hydroxylation sites is 1. The van der Waals surface area contributed by atoms with Crippen LogP contribution in [0.1, 0.15) is 5.56 Å². The van der Waals surface area contributed by atoms with E-state index in [1.165, 1.54) is 11.8 Å². The quantitative estimate of drug-likeness (QED) is 0.479. The first-order chi connectivity index (χ1) is 13.2. The van der Waals surface area contributed by atoms with Crippen LogP contribution in [0.15, 0.2) is 59.8 Å². The maximum atomic E-state index is 12.0. The number of rotatable bonds is 8. The van der Waals surface area contributed by atoms with E-state index in [1.54, 1.807) is 7.11 Å². The summed E-state index contributed by atoms with van der Waals surface area (Å²) in [5.74, 6) is 0.964. The Bertz CT molecular complexity index is 896. The highest BCUT2D eigenvalue weighted by Gasteiger charge is 2.17. The Kier molecular flexibility index (Phi) is 6.62. The summed E-state index contributed by atoms with van der Waals surface area (Å²) in [6.07, 6.45) is 0. The number of amides is 1. The Balaban J connectivity index is 1.87. The fraction of sp³-hybridized carbons (Fsp3) is 0.250. The normalized spacial score (nSPS) is 10.7. The summed E-state index contributed by atoms with van der Waals surface area (Å²) in [6, 6.07) is 18.1. The highest BCUT2D eigenvalue weighted by Crippen LogP contribution is 2.28. The second-order valence-electron chi connectivity index (χ2n) is 5.98. The van der Waals surface area contributed by atoms with Crippen LogP contribution in [0.3, 0.4) is 0 Å². The van der Waals surface area contributed by atoms with Gasteiger partial charge in [0.2, 0.25) is 5.91 Å². The number of ether oxygens (including phenoxy) is 1. The van der Waals surface area contributed by atoms with Crippen LogP contribution in [-0.2, 0) is 9.53 Å². The van der Waals surface area contributed by atoms with E-state index >= 15 is 0 Å². The molecule has 0 spiro atoms. The van der Waals surface area contributed by atoms with Crippen LogP contribution in [0.2, 0.25) is 0 Å². The van der Waals surface area contributed by atoms with E-state index in [1.807, 2.05) is 60.0 Å². The lowest BCUT2D eigenvalue weighted by molar-refractivity contribution is -0.118. The molecule has 0 bridgehead atoms. The van der Waals surface area contributed by atoms with Crippen molar-refractivity contribution in [2.45, 2.75) is 12.1 Å². The van der Waals surface area contributed by atoms with Gasteiger partial charge in [-0.2, -0.15) is 0 Å². The van der Waals surface area contributed by atoms with Crippen LogP contribution < -0.4 is 5.32 Å². The highest BCUT2D eigenvalue weighted by atomic mass is 32.2. The number of hydrogen-bond donors (Lipinski definition) is 1.